The number of nitrogens with zero attached hydrogens (tertiary/aromatic N) is 1. The van der Waals surface area contributed by atoms with Gasteiger partial charge in [-0.2, -0.15) is 0 Å². The summed E-state index contributed by atoms with van der Waals surface area (Å²) in [4.78, 5) is 18.6. The van der Waals surface area contributed by atoms with Crippen molar-refractivity contribution in [2.45, 2.75) is 38.6 Å². The molecule has 1 aromatic heterocycles. The highest BCUT2D eigenvalue weighted by atomic mass is 79.9. The molecule has 1 aliphatic rings. The number of hydrogen-bond donors (Lipinski definition) is 3. The van der Waals surface area contributed by atoms with Gasteiger partial charge >= 0.3 is 6.09 Å². The first-order valence-corrected chi connectivity index (χ1v) is 8.58. The lowest BCUT2D eigenvalue weighted by Crippen LogP contribution is -2.34. The third-order valence-corrected chi connectivity index (χ3v) is 5.28. The van der Waals surface area contributed by atoms with Crippen LogP contribution in [0.15, 0.2) is 16.6 Å². The molecule has 0 bridgehead atoms. The number of halogens is 2. The van der Waals surface area contributed by atoms with E-state index in [0.717, 1.165) is 25.7 Å². The van der Waals surface area contributed by atoms with Crippen LogP contribution in [0, 0.1) is 17.7 Å². The molecule has 3 rings (SSSR count). The molecule has 7 heteroatoms. The van der Waals surface area contributed by atoms with Gasteiger partial charge in [0.15, 0.2) is 5.82 Å². The molecule has 0 radical (unpaired) electrons. The maximum atomic E-state index is 14.2. The molecule has 1 amide bonds. The van der Waals surface area contributed by atoms with E-state index in [-0.39, 0.29) is 11.4 Å². The van der Waals surface area contributed by atoms with Gasteiger partial charge in [-0.3, -0.25) is 0 Å². The van der Waals surface area contributed by atoms with E-state index in [1.165, 1.54) is 0 Å². The molecule has 1 aliphatic carbocycles. The van der Waals surface area contributed by atoms with Gasteiger partial charge in [-0.1, -0.05) is 19.8 Å². The molecule has 0 aliphatic heterocycles. The number of carbonyl (C=O) groups is 1. The standard InChI is InChI=1S/C16H19BrFN3O2/c1-8-2-4-9(5-3-8)13(21-16(22)23)15-19-11-7-6-10(17)12(18)14(11)20-15/h6-9,13,21H,2-5H2,1H3,(H,19,20)(H,22,23)/t8?,9?,13-/m0/s1. The van der Waals surface area contributed by atoms with Gasteiger partial charge in [-0.15, -0.1) is 0 Å². The summed E-state index contributed by atoms with van der Waals surface area (Å²) in [5, 5.41) is 11.7. The first-order valence-electron chi connectivity index (χ1n) is 7.78. The van der Waals surface area contributed by atoms with Crippen molar-refractivity contribution in [2.75, 3.05) is 0 Å². The molecule has 0 unspecified atom stereocenters. The minimum absolute atomic E-state index is 0.175. The Morgan fingerprint density at radius 1 is 1.43 bits per heavy atom. The molecule has 0 saturated heterocycles. The lowest BCUT2D eigenvalue weighted by Gasteiger charge is -2.31. The normalized spacial score (nSPS) is 22.9. The Labute approximate surface area is 141 Å². The van der Waals surface area contributed by atoms with Crippen LogP contribution in [-0.2, 0) is 0 Å². The van der Waals surface area contributed by atoms with Crippen LogP contribution in [0.3, 0.4) is 0 Å². The van der Waals surface area contributed by atoms with Crippen molar-refractivity contribution in [3.63, 3.8) is 0 Å². The highest BCUT2D eigenvalue weighted by Gasteiger charge is 2.31. The van der Waals surface area contributed by atoms with Crippen LogP contribution < -0.4 is 5.32 Å². The van der Waals surface area contributed by atoms with Crippen molar-refractivity contribution < 1.29 is 14.3 Å². The maximum Gasteiger partial charge on any atom is 0.405 e. The molecule has 1 heterocycles. The summed E-state index contributed by atoms with van der Waals surface area (Å²) in [6.07, 6.45) is 2.94. The molecule has 0 spiro atoms. The highest BCUT2D eigenvalue weighted by molar-refractivity contribution is 9.10. The second-order valence-electron chi connectivity index (χ2n) is 6.33. The van der Waals surface area contributed by atoms with Crippen LogP contribution in [0.1, 0.15) is 44.5 Å². The highest BCUT2D eigenvalue weighted by Crippen LogP contribution is 2.37. The molecule has 2 aromatic rings. The fourth-order valence-corrected chi connectivity index (χ4v) is 3.67. The molecule has 5 nitrogen and oxygen atoms in total. The van der Waals surface area contributed by atoms with Crippen molar-refractivity contribution in [3.8, 4) is 0 Å². The Hall–Kier alpha value is -1.63. The average molecular weight is 384 g/mol. The predicted octanol–water partition coefficient (Wildman–Crippen LogP) is 4.60. The lowest BCUT2D eigenvalue weighted by atomic mass is 9.79. The van der Waals surface area contributed by atoms with Crippen LogP contribution in [0.5, 0.6) is 0 Å². The molecule has 124 valence electrons. The summed E-state index contributed by atoms with van der Waals surface area (Å²) in [5.74, 6) is 0.894. The average Bonchev–Trinajstić information content (AvgIpc) is 2.94. The maximum absolute atomic E-state index is 14.2. The van der Waals surface area contributed by atoms with E-state index in [0.29, 0.717) is 21.7 Å². The Balaban J connectivity index is 1.96. The van der Waals surface area contributed by atoms with Gasteiger partial charge in [0.2, 0.25) is 0 Å². The van der Waals surface area contributed by atoms with Crippen LogP contribution in [0.2, 0.25) is 0 Å². The minimum atomic E-state index is -1.09. The van der Waals surface area contributed by atoms with E-state index >= 15 is 0 Å². The predicted molar refractivity (Wildman–Crippen MR) is 88.8 cm³/mol. The summed E-state index contributed by atoms with van der Waals surface area (Å²) in [6.45, 7) is 2.21. The fourth-order valence-electron chi connectivity index (χ4n) is 3.35. The Morgan fingerprint density at radius 3 is 2.78 bits per heavy atom. The van der Waals surface area contributed by atoms with Gasteiger partial charge in [-0.05, 0) is 52.7 Å². The number of amides is 1. The summed E-state index contributed by atoms with van der Waals surface area (Å²) < 4.78 is 14.5. The largest absolute Gasteiger partial charge is 0.465 e. The quantitative estimate of drug-likeness (QED) is 0.724. The Bertz CT molecular complexity index is 725. The van der Waals surface area contributed by atoms with E-state index in [1.54, 1.807) is 12.1 Å². The SMILES string of the molecule is CC1CCC([C@H](NC(=O)O)c2nc3c(F)c(Br)ccc3[nH]2)CC1. The molecule has 1 atom stereocenters. The zero-order valence-corrected chi connectivity index (χ0v) is 14.4. The van der Waals surface area contributed by atoms with Crippen LogP contribution in [-0.4, -0.2) is 21.2 Å². The van der Waals surface area contributed by atoms with Gasteiger partial charge in [0.25, 0.3) is 0 Å². The second-order valence-corrected chi connectivity index (χ2v) is 7.18. The van der Waals surface area contributed by atoms with Crippen molar-refractivity contribution in [1.82, 2.24) is 15.3 Å². The smallest absolute Gasteiger partial charge is 0.405 e. The van der Waals surface area contributed by atoms with Gasteiger partial charge in [-0.25, -0.2) is 14.2 Å². The number of aromatic nitrogens is 2. The van der Waals surface area contributed by atoms with Crippen molar-refractivity contribution in [3.05, 3.63) is 28.2 Å². The number of carboxylic acid groups (broad SMARTS) is 1. The van der Waals surface area contributed by atoms with E-state index in [1.807, 2.05) is 0 Å². The number of nitrogens with one attached hydrogen (secondary N) is 2. The molecule has 3 N–H and O–H groups in total. The van der Waals surface area contributed by atoms with Crippen molar-refractivity contribution >= 4 is 33.1 Å². The third-order valence-electron chi connectivity index (χ3n) is 4.67. The zero-order valence-electron chi connectivity index (χ0n) is 12.8. The third kappa shape index (κ3) is 3.34. The fraction of sp³-hybridized carbons (Fsp3) is 0.500. The Kier molecular flexibility index (Phi) is 4.57. The second kappa shape index (κ2) is 6.47. The van der Waals surface area contributed by atoms with Gasteiger partial charge < -0.3 is 15.4 Å². The molecule has 1 saturated carbocycles. The molecule has 23 heavy (non-hydrogen) atoms. The first kappa shape index (κ1) is 16.2. The van der Waals surface area contributed by atoms with Gasteiger partial charge in [0, 0.05) is 0 Å². The van der Waals surface area contributed by atoms with E-state index < -0.39 is 18.0 Å². The lowest BCUT2D eigenvalue weighted by molar-refractivity contribution is 0.172. The number of imidazole rings is 1. The molecule has 1 fully saturated rings. The molecular formula is C16H19BrFN3O2. The van der Waals surface area contributed by atoms with Gasteiger partial charge in [0.05, 0.1) is 16.0 Å². The number of H-pyrrole nitrogens is 1. The van der Waals surface area contributed by atoms with Crippen LogP contribution in [0.25, 0.3) is 11.0 Å². The van der Waals surface area contributed by atoms with E-state index in [4.69, 9.17) is 5.11 Å². The molecule has 1 aromatic carbocycles. The minimum Gasteiger partial charge on any atom is -0.465 e. The van der Waals surface area contributed by atoms with Crippen LogP contribution >= 0.6 is 15.9 Å². The number of benzene rings is 1. The van der Waals surface area contributed by atoms with E-state index in [2.05, 4.69) is 38.1 Å². The number of fused-ring (bicyclic) bond motifs is 1. The summed E-state index contributed by atoms with van der Waals surface area (Å²) in [7, 11) is 0. The number of hydrogen-bond acceptors (Lipinski definition) is 2. The first-order chi connectivity index (χ1) is 11.0. The monoisotopic (exact) mass is 383 g/mol. The number of rotatable bonds is 3. The van der Waals surface area contributed by atoms with Gasteiger partial charge in [0.1, 0.15) is 11.3 Å². The van der Waals surface area contributed by atoms with Crippen LogP contribution in [0.4, 0.5) is 9.18 Å². The van der Waals surface area contributed by atoms with Crippen molar-refractivity contribution in [1.29, 1.82) is 0 Å². The number of aromatic amines is 1. The summed E-state index contributed by atoms with van der Waals surface area (Å²) >= 11 is 3.15. The van der Waals surface area contributed by atoms with Crippen molar-refractivity contribution in [2.24, 2.45) is 11.8 Å². The summed E-state index contributed by atoms with van der Waals surface area (Å²) in [5.41, 5.74) is 0.804. The van der Waals surface area contributed by atoms with E-state index in [9.17, 15) is 9.18 Å². The summed E-state index contributed by atoms with van der Waals surface area (Å²) in [6, 6.07) is 2.91. The topological polar surface area (TPSA) is 78.0 Å². The molecular weight excluding hydrogens is 365 g/mol. The Morgan fingerprint density at radius 2 is 2.13 bits per heavy atom. The zero-order chi connectivity index (χ0) is 16.6.